The molecule has 0 aliphatic carbocycles. The van der Waals surface area contributed by atoms with E-state index in [4.69, 9.17) is 26.0 Å². The number of rotatable bonds is 9. The minimum atomic E-state index is -2.89. The molecule has 5 N–H and O–H groups in total. The van der Waals surface area contributed by atoms with Crippen molar-refractivity contribution in [3.8, 4) is 17.2 Å². The third kappa shape index (κ3) is 17.2. The summed E-state index contributed by atoms with van der Waals surface area (Å²) in [5.41, 5.74) is 10.8. The molecular formula is C26H32Br4F4N6O5. The number of fused-ring (bicyclic) bond motifs is 1. The van der Waals surface area contributed by atoms with E-state index in [1.54, 1.807) is 16.8 Å². The molecule has 4 aromatic rings. The fraction of sp³-hybridized carbons (Fsp3) is 0.346. The summed E-state index contributed by atoms with van der Waals surface area (Å²) in [6.07, 6.45) is 7.72. The van der Waals surface area contributed by atoms with Crippen molar-refractivity contribution >= 4 is 81.0 Å². The highest BCUT2D eigenvalue weighted by Gasteiger charge is 2.11. The molecule has 45 heavy (non-hydrogen) atoms. The van der Waals surface area contributed by atoms with Crippen LogP contribution in [0.15, 0.2) is 62.6 Å². The van der Waals surface area contributed by atoms with Gasteiger partial charge in [0, 0.05) is 57.6 Å². The molecule has 11 nitrogen and oxygen atoms in total. The summed E-state index contributed by atoms with van der Waals surface area (Å²) in [4.78, 5) is 11.2. The van der Waals surface area contributed by atoms with E-state index < -0.39 is 13.2 Å². The van der Waals surface area contributed by atoms with Crippen molar-refractivity contribution in [1.29, 1.82) is 0 Å². The SMILES string of the molecule is C.CCOC(CBr)OCC.FC(F)Oc1cc(Br)cn2ccnc12.Nc1ncc(Br)cc1O.Nc1ncc(Br)cc1OC(F)F. The Kier molecular flexibility index (Phi) is 21.7. The standard InChI is InChI=1S/C8H5BrF2N2O.C6H5BrF2N2O.C6H13BrO2.C5H5BrN2O.CH4/c9-5-3-6(14-8(10)11)7-12-1-2-13(7)4-5;7-3-1-4(12-6(8)9)5(10)11-2-3;1-3-8-6(5-7)9-4-2;6-3-1-4(9)5(7)8-2-3;/h1-4,8H;1-2,6H,(H2,10,11);6H,3-5H2,1-2H3;1-2,9H,(H2,7,8);1H4. The zero-order chi connectivity index (χ0) is 33.2. The molecule has 0 unspecified atom stereocenters. The van der Waals surface area contributed by atoms with Crippen LogP contribution in [0.1, 0.15) is 21.3 Å². The van der Waals surface area contributed by atoms with E-state index in [2.05, 4.69) is 88.1 Å². The average Bonchev–Trinajstić information content (AvgIpc) is 3.42. The summed E-state index contributed by atoms with van der Waals surface area (Å²) >= 11 is 12.6. The largest absolute Gasteiger partial charge is 0.504 e. The Hall–Kier alpha value is -2.45. The van der Waals surface area contributed by atoms with E-state index in [0.29, 0.717) is 32.3 Å². The van der Waals surface area contributed by atoms with Gasteiger partial charge in [-0.3, -0.25) is 0 Å². The van der Waals surface area contributed by atoms with Gasteiger partial charge in [0.05, 0.1) is 5.33 Å². The molecule has 0 spiro atoms. The number of nitrogen functional groups attached to an aromatic ring is 2. The monoisotopic (exact) mass is 900 g/mol. The van der Waals surface area contributed by atoms with Crippen molar-refractivity contribution in [2.75, 3.05) is 30.0 Å². The molecule has 0 aliphatic rings. The van der Waals surface area contributed by atoms with Crippen molar-refractivity contribution in [2.24, 2.45) is 0 Å². The van der Waals surface area contributed by atoms with E-state index in [1.165, 1.54) is 36.8 Å². The van der Waals surface area contributed by atoms with Crippen LogP contribution in [-0.2, 0) is 9.47 Å². The molecule has 0 aliphatic heterocycles. The van der Waals surface area contributed by atoms with Crippen LogP contribution >= 0.6 is 63.7 Å². The normalized spacial score (nSPS) is 10.2. The number of aromatic nitrogens is 4. The summed E-state index contributed by atoms with van der Waals surface area (Å²) in [5.74, 6) is 0.0276. The molecule has 252 valence electrons. The molecule has 0 aromatic carbocycles. The van der Waals surface area contributed by atoms with Gasteiger partial charge in [0.1, 0.15) is 0 Å². The van der Waals surface area contributed by atoms with E-state index in [9.17, 15) is 17.6 Å². The van der Waals surface area contributed by atoms with Crippen LogP contribution in [0.2, 0.25) is 0 Å². The second-order valence-electron chi connectivity index (χ2n) is 7.53. The van der Waals surface area contributed by atoms with Crippen molar-refractivity contribution < 1.29 is 41.6 Å². The van der Waals surface area contributed by atoms with E-state index >= 15 is 0 Å². The topological polar surface area (TPSA) is 152 Å². The number of anilines is 2. The first kappa shape index (κ1) is 42.6. The summed E-state index contributed by atoms with van der Waals surface area (Å²) in [7, 11) is 0. The van der Waals surface area contributed by atoms with Gasteiger partial charge in [-0.15, -0.1) is 0 Å². The zero-order valence-corrected chi connectivity index (χ0v) is 29.4. The van der Waals surface area contributed by atoms with Crippen LogP contribution in [0.4, 0.5) is 29.2 Å². The van der Waals surface area contributed by atoms with E-state index in [-0.39, 0.29) is 42.6 Å². The van der Waals surface area contributed by atoms with Gasteiger partial charge in [-0.05, 0) is 79.8 Å². The number of ether oxygens (including phenoxy) is 4. The predicted molar refractivity (Wildman–Crippen MR) is 178 cm³/mol. The summed E-state index contributed by atoms with van der Waals surface area (Å²) < 4.78 is 69.7. The number of nitrogens with zero attached hydrogens (tertiary/aromatic N) is 4. The lowest BCUT2D eigenvalue weighted by Crippen LogP contribution is -2.18. The number of aromatic hydroxyl groups is 1. The number of nitrogens with two attached hydrogens (primary N) is 2. The minimum absolute atomic E-state index is 0. The van der Waals surface area contributed by atoms with Gasteiger partial charge in [-0.25, -0.2) is 15.0 Å². The fourth-order valence-electron chi connectivity index (χ4n) is 2.72. The highest BCUT2D eigenvalue weighted by Crippen LogP contribution is 2.26. The molecule has 4 rings (SSSR count). The Bertz CT molecular complexity index is 1410. The van der Waals surface area contributed by atoms with Crippen LogP contribution in [0, 0.1) is 0 Å². The quantitative estimate of drug-likeness (QED) is 0.0851. The Morgan fingerprint density at radius 3 is 1.82 bits per heavy atom. The van der Waals surface area contributed by atoms with Gasteiger partial charge < -0.3 is 39.9 Å². The zero-order valence-electron chi connectivity index (χ0n) is 23.0. The third-order valence-corrected chi connectivity index (χ3v) is 6.23. The smallest absolute Gasteiger partial charge is 0.387 e. The summed E-state index contributed by atoms with van der Waals surface area (Å²) in [6.45, 7) is -0.413. The van der Waals surface area contributed by atoms with Gasteiger partial charge in [-0.2, -0.15) is 17.6 Å². The highest BCUT2D eigenvalue weighted by molar-refractivity contribution is 9.11. The average molecular weight is 904 g/mol. The summed E-state index contributed by atoms with van der Waals surface area (Å²) in [6, 6.07) is 4.27. The Balaban J connectivity index is 0.000000581. The molecule has 19 heteroatoms. The third-order valence-electron chi connectivity index (χ3n) is 4.40. The van der Waals surface area contributed by atoms with Gasteiger partial charge in [0.25, 0.3) is 0 Å². The maximum atomic E-state index is 12.0. The molecule has 0 saturated carbocycles. The first-order chi connectivity index (χ1) is 20.8. The van der Waals surface area contributed by atoms with Crippen LogP contribution in [0.25, 0.3) is 5.65 Å². The van der Waals surface area contributed by atoms with Crippen molar-refractivity contribution in [2.45, 2.75) is 40.8 Å². The minimum Gasteiger partial charge on any atom is -0.504 e. The maximum Gasteiger partial charge on any atom is 0.387 e. The Morgan fingerprint density at radius 1 is 0.822 bits per heavy atom. The molecule has 0 bridgehead atoms. The number of alkyl halides is 5. The number of hydrogen-bond donors (Lipinski definition) is 3. The van der Waals surface area contributed by atoms with Gasteiger partial charge in [-0.1, -0.05) is 23.4 Å². The second kappa shape index (κ2) is 23.0. The molecule has 0 amide bonds. The van der Waals surface area contributed by atoms with E-state index in [1.807, 2.05) is 13.8 Å². The lowest BCUT2D eigenvalue weighted by molar-refractivity contribution is -0.119. The molecule has 4 heterocycles. The van der Waals surface area contributed by atoms with Crippen LogP contribution in [0.3, 0.4) is 0 Å². The lowest BCUT2D eigenvalue weighted by Gasteiger charge is -2.12. The van der Waals surface area contributed by atoms with Crippen LogP contribution in [0.5, 0.6) is 17.2 Å². The van der Waals surface area contributed by atoms with Gasteiger partial charge in [0.2, 0.25) is 0 Å². The number of hydrogen-bond acceptors (Lipinski definition) is 10. The van der Waals surface area contributed by atoms with E-state index in [0.717, 1.165) is 5.33 Å². The molecular weight excluding hydrogens is 872 g/mol. The number of pyridine rings is 3. The van der Waals surface area contributed by atoms with Crippen LogP contribution < -0.4 is 20.9 Å². The van der Waals surface area contributed by atoms with Gasteiger partial charge >= 0.3 is 13.2 Å². The van der Waals surface area contributed by atoms with Crippen molar-refractivity contribution in [1.82, 2.24) is 19.4 Å². The molecule has 0 saturated heterocycles. The number of imidazole rings is 1. The Labute approximate surface area is 291 Å². The van der Waals surface area contributed by atoms with Crippen molar-refractivity contribution in [3.05, 3.63) is 62.6 Å². The Morgan fingerprint density at radius 2 is 1.33 bits per heavy atom. The molecule has 0 radical (unpaired) electrons. The maximum absolute atomic E-state index is 12.0. The summed E-state index contributed by atoms with van der Waals surface area (Å²) in [5, 5.41) is 9.63. The first-order valence-electron chi connectivity index (χ1n) is 12.1. The second-order valence-corrected chi connectivity index (χ2v) is 10.9. The van der Waals surface area contributed by atoms with Crippen LogP contribution in [-0.4, -0.2) is 62.5 Å². The fourth-order valence-corrected chi connectivity index (χ4v) is 4.15. The van der Waals surface area contributed by atoms with Crippen molar-refractivity contribution in [3.63, 3.8) is 0 Å². The first-order valence-corrected chi connectivity index (χ1v) is 15.6. The number of halogens is 8. The lowest BCUT2D eigenvalue weighted by atomic mass is 10.4. The molecule has 4 aromatic heterocycles. The predicted octanol–water partition coefficient (Wildman–Crippen LogP) is 8.27. The highest BCUT2D eigenvalue weighted by atomic mass is 79.9. The molecule has 0 fully saturated rings. The molecule has 0 atom stereocenters. The van der Waals surface area contributed by atoms with Gasteiger partial charge in [0.15, 0.2) is 40.8 Å².